The smallest absolute Gasteiger partial charge is 0.110 e. The third-order valence-corrected chi connectivity index (χ3v) is 1.75. The van der Waals surface area contributed by atoms with Crippen LogP contribution < -0.4 is 0 Å². The number of hydrogen-bond donors (Lipinski definition) is 3. The van der Waals surface area contributed by atoms with Crippen molar-refractivity contribution < 1.29 is 20.1 Å². The standard InChI is InChI=1S/C6H12O4/c1-3-5(8)6(9)4(7)2-10-3/h3-9H,2H2,1H3/t3-,4-,5+,6-/m1/s1. The first-order valence-corrected chi connectivity index (χ1v) is 3.28. The monoisotopic (exact) mass is 148 g/mol. The van der Waals surface area contributed by atoms with Gasteiger partial charge in [-0.2, -0.15) is 0 Å². The zero-order valence-electron chi connectivity index (χ0n) is 5.77. The van der Waals surface area contributed by atoms with E-state index in [9.17, 15) is 0 Å². The quantitative estimate of drug-likeness (QED) is 0.390. The first-order valence-electron chi connectivity index (χ1n) is 3.28. The summed E-state index contributed by atoms with van der Waals surface area (Å²) in [7, 11) is 0. The molecular weight excluding hydrogens is 136 g/mol. The lowest BCUT2D eigenvalue weighted by molar-refractivity contribution is -0.181. The second-order valence-electron chi connectivity index (χ2n) is 2.59. The number of aliphatic hydroxyl groups excluding tert-OH is 3. The maximum atomic E-state index is 9.08. The summed E-state index contributed by atoms with van der Waals surface area (Å²) >= 11 is 0. The lowest BCUT2D eigenvalue weighted by Crippen LogP contribution is -2.51. The van der Waals surface area contributed by atoms with Gasteiger partial charge in [-0.25, -0.2) is 0 Å². The van der Waals surface area contributed by atoms with Crippen molar-refractivity contribution in [3.63, 3.8) is 0 Å². The molecule has 3 N–H and O–H groups in total. The van der Waals surface area contributed by atoms with Crippen LogP contribution in [-0.2, 0) is 4.74 Å². The maximum Gasteiger partial charge on any atom is 0.110 e. The van der Waals surface area contributed by atoms with E-state index >= 15 is 0 Å². The molecule has 0 amide bonds. The fraction of sp³-hybridized carbons (Fsp3) is 1.00. The van der Waals surface area contributed by atoms with Gasteiger partial charge in [0.15, 0.2) is 0 Å². The Kier molecular flexibility index (Phi) is 2.25. The zero-order valence-corrected chi connectivity index (χ0v) is 5.77. The Hall–Kier alpha value is -0.160. The molecule has 1 heterocycles. The Morgan fingerprint density at radius 1 is 1.20 bits per heavy atom. The van der Waals surface area contributed by atoms with E-state index < -0.39 is 24.4 Å². The van der Waals surface area contributed by atoms with Crippen molar-refractivity contribution in [2.45, 2.75) is 31.3 Å². The zero-order chi connectivity index (χ0) is 7.72. The summed E-state index contributed by atoms with van der Waals surface area (Å²) in [6.07, 6.45) is -3.38. The minimum Gasteiger partial charge on any atom is -0.388 e. The Morgan fingerprint density at radius 2 is 1.80 bits per heavy atom. The molecule has 0 unspecified atom stereocenters. The second-order valence-corrected chi connectivity index (χ2v) is 2.59. The van der Waals surface area contributed by atoms with Gasteiger partial charge in [0, 0.05) is 0 Å². The fourth-order valence-corrected chi connectivity index (χ4v) is 0.953. The average molecular weight is 148 g/mol. The molecule has 0 spiro atoms. The van der Waals surface area contributed by atoms with Crippen molar-refractivity contribution in [3.8, 4) is 0 Å². The summed E-state index contributed by atoms with van der Waals surface area (Å²) in [5.74, 6) is 0. The van der Waals surface area contributed by atoms with Gasteiger partial charge in [0.2, 0.25) is 0 Å². The molecule has 4 heteroatoms. The van der Waals surface area contributed by atoms with Crippen LogP contribution in [0.15, 0.2) is 0 Å². The molecule has 1 fully saturated rings. The highest BCUT2D eigenvalue weighted by Gasteiger charge is 2.34. The molecule has 0 saturated carbocycles. The molecule has 1 rings (SSSR count). The minimum absolute atomic E-state index is 0.0966. The van der Waals surface area contributed by atoms with Gasteiger partial charge in [-0.15, -0.1) is 0 Å². The van der Waals surface area contributed by atoms with Crippen LogP contribution in [0, 0.1) is 0 Å². The summed E-state index contributed by atoms with van der Waals surface area (Å²) in [5, 5.41) is 27.0. The van der Waals surface area contributed by atoms with Crippen LogP contribution >= 0.6 is 0 Å². The van der Waals surface area contributed by atoms with E-state index in [1.165, 1.54) is 0 Å². The molecular formula is C6H12O4. The number of hydrogen-bond acceptors (Lipinski definition) is 4. The van der Waals surface area contributed by atoms with Crippen molar-refractivity contribution in [1.82, 2.24) is 0 Å². The average Bonchev–Trinajstić information content (AvgIpc) is 1.93. The second kappa shape index (κ2) is 2.84. The predicted molar refractivity (Wildman–Crippen MR) is 33.4 cm³/mol. The summed E-state index contributed by atoms with van der Waals surface area (Å²) in [6.45, 7) is 1.75. The molecule has 0 aromatic rings. The highest BCUT2D eigenvalue weighted by atomic mass is 16.5. The Morgan fingerprint density at radius 3 is 2.30 bits per heavy atom. The molecule has 4 nitrogen and oxygen atoms in total. The van der Waals surface area contributed by atoms with E-state index in [-0.39, 0.29) is 6.61 Å². The summed E-state index contributed by atoms with van der Waals surface area (Å²) in [6, 6.07) is 0. The molecule has 0 bridgehead atoms. The molecule has 10 heavy (non-hydrogen) atoms. The third kappa shape index (κ3) is 1.29. The Balaban J connectivity index is 2.52. The number of aliphatic hydroxyl groups is 3. The Bertz CT molecular complexity index is 102. The van der Waals surface area contributed by atoms with Crippen LogP contribution in [0.2, 0.25) is 0 Å². The molecule has 60 valence electrons. The van der Waals surface area contributed by atoms with Crippen molar-refractivity contribution >= 4 is 0 Å². The third-order valence-electron chi connectivity index (χ3n) is 1.75. The van der Waals surface area contributed by atoms with Crippen LogP contribution in [0.25, 0.3) is 0 Å². The van der Waals surface area contributed by atoms with Gasteiger partial charge < -0.3 is 20.1 Å². The SMILES string of the molecule is C[C@H]1OC[C@@H](O)[C@@H](O)[C@H]1O. The van der Waals surface area contributed by atoms with Crippen molar-refractivity contribution in [1.29, 1.82) is 0 Å². The van der Waals surface area contributed by atoms with Gasteiger partial charge in [0.1, 0.15) is 18.3 Å². The van der Waals surface area contributed by atoms with Crippen molar-refractivity contribution in [2.24, 2.45) is 0 Å². The van der Waals surface area contributed by atoms with Crippen LogP contribution in [-0.4, -0.2) is 46.3 Å². The van der Waals surface area contributed by atoms with Crippen LogP contribution in [0.1, 0.15) is 6.92 Å². The molecule has 0 aliphatic carbocycles. The lowest BCUT2D eigenvalue weighted by atomic mass is 10.0. The van der Waals surface area contributed by atoms with E-state index in [4.69, 9.17) is 20.1 Å². The Labute approximate surface area is 59.1 Å². The van der Waals surface area contributed by atoms with Crippen LogP contribution in [0.5, 0.6) is 0 Å². The van der Waals surface area contributed by atoms with E-state index in [0.29, 0.717) is 0 Å². The lowest BCUT2D eigenvalue weighted by Gasteiger charge is -2.33. The minimum atomic E-state index is -1.07. The van der Waals surface area contributed by atoms with E-state index in [0.717, 1.165) is 0 Å². The van der Waals surface area contributed by atoms with Gasteiger partial charge in [0.25, 0.3) is 0 Å². The van der Waals surface area contributed by atoms with Crippen molar-refractivity contribution in [3.05, 3.63) is 0 Å². The highest BCUT2D eigenvalue weighted by molar-refractivity contribution is 4.83. The van der Waals surface area contributed by atoms with Crippen LogP contribution in [0.3, 0.4) is 0 Å². The normalized spacial score (nSPS) is 49.2. The first kappa shape index (κ1) is 7.94. The predicted octanol–water partition coefficient (Wildman–Crippen LogP) is -1.51. The molecule has 0 aromatic heterocycles. The van der Waals surface area contributed by atoms with Gasteiger partial charge in [0.05, 0.1) is 12.7 Å². The van der Waals surface area contributed by atoms with Crippen LogP contribution in [0.4, 0.5) is 0 Å². The highest BCUT2D eigenvalue weighted by Crippen LogP contribution is 2.14. The van der Waals surface area contributed by atoms with E-state index in [1.807, 2.05) is 0 Å². The number of rotatable bonds is 0. The van der Waals surface area contributed by atoms with Gasteiger partial charge >= 0.3 is 0 Å². The maximum absolute atomic E-state index is 9.08. The largest absolute Gasteiger partial charge is 0.388 e. The molecule has 1 aliphatic heterocycles. The summed E-state index contributed by atoms with van der Waals surface area (Å²) < 4.78 is 4.91. The molecule has 4 atom stereocenters. The molecule has 0 radical (unpaired) electrons. The van der Waals surface area contributed by atoms with Gasteiger partial charge in [-0.1, -0.05) is 0 Å². The molecule has 1 saturated heterocycles. The van der Waals surface area contributed by atoms with Gasteiger partial charge in [-0.3, -0.25) is 0 Å². The molecule has 0 aromatic carbocycles. The topological polar surface area (TPSA) is 69.9 Å². The summed E-state index contributed by atoms with van der Waals surface area (Å²) in [5.41, 5.74) is 0. The fourth-order valence-electron chi connectivity index (χ4n) is 0.953. The first-order chi connectivity index (χ1) is 4.63. The molecule has 1 aliphatic rings. The van der Waals surface area contributed by atoms with E-state index in [1.54, 1.807) is 6.92 Å². The number of ether oxygens (including phenoxy) is 1. The van der Waals surface area contributed by atoms with Gasteiger partial charge in [-0.05, 0) is 6.92 Å². The van der Waals surface area contributed by atoms with Crippen molar-refractivity contribution in [2.75, 3.05) is 6.61 Å². The summed E-state index contributed by atoms with van der Waals surface area (Å²) in [4.78, 5) is 0. The van der Waals surface area contributed by atoms with E-state index in [2.05, 4.69) is 0 Å².